The molecule has 11 nitrogen and oxygen atoms in total. The van der Waals surface area contributed by atoms with Crippen molar-refractivity contribution >= 4 is 39.2 Å². The van der Waals surface area contributed by atoms with E-state index < -0.39 is 39.8 Å². The van der Waals surface area contributed by atoms with Gasteiger partial charge in [-0.25, -0.2) is 26.8 Å². The summed E-state index contributed by atoms with van der Waals surface area (Å²) in [5.41, 5.74) is -0.519. The molecule has 1 unspecified atom stereocenters. The number of carbonyl (C=O) groups excluding carboxylic acids is 2. The lowest BCUT2D eigenvalue weighted by molar-refractivity contribution is 0.0797. The van der Waals surface area contributed by atoms with Crippen LogP contribution in [0.15, 0.2) is 29.0 Å². The number of amides is 2. The first-order valence-corrected chi connectivity index (χ1v) is 12.7. The Morgan fingerprint density at radius 3 is 2.51 bits per heavy atom. The van der Waals surface area contributed by atoms with Crippen LogP contribution < -0.4 is 15.1 Å². The van der Waals surface area contributed by atoms with Crippen molar-refractivity contribution in [1.29, 1.82) is 0 Å². The number of anilines is 3. The molecule has 14 heteroatoms. The molecule has 2 amide bonds. The fourth-order valence-corrected chi connectivity index (χ4v) is 7.16. The lowest BCUT2D eigenvalue weighted by atomic mass is 9.81. The van der Waals surface area contributed by atoms with Crippen LogP contribution in [-0.2, 0) is 19.3 Å². The fraction of sp³-hybridized carbons (Fsp3) is 0.476. The SMILES string of the molecule is O=C(Nc1ccon1)OCC1CN(c2cc(F)c(N3CCC4(CC3)CS(=O)(=O)C4)c(F)c2)C(=O)O1. The van der Waals surface area contributed by atoms with E-state index in [4.69, 9.17) is 9.47 Å². The highest BCUT2D eigenvalue weighted by Crippen LogP contribution is 2.44. The van der Waals surface area contributed by atoms with Gasteiger partial charge >= 0.3 is 12.2 Å². The number of hydrogen-bond donors (Lipinski definition) is 1. The molecule has 1 atom stereocenters. The topological polar surface area (TPSA) is 131 Å². The average Bonchev–Trinajstić information content (AvgIpc) is 3.41. The molecular formula is C21H22F2N4O7S. The van der Waals surface area contributed by atoms with Gasteiger partial charge in [0.1, 0.15) is 18.6 Å². The number of aromatic nitrogens is 1. The van der Waals surface area contributed by atoms with Crippen molar-refractivity contribution < 1.29 is 40.8 Å². The van der Waals surface area contributed by atoms with E-state index in [1.165, 1.54) is 12.3 Å². The number of ether oxygens (including phenoxy) is 2. The third-order valence-corrected chi connectivity index (χ3v) is 8.55. The van der Waals surface area contributed by atoms with Crippen LogP contribution in [0, 0.1) is 17.0 Å². The van der Waals surface area contributed by atoms with Crippen LogP contribution in [-0.4, -0.2) is 69.6 Å². The summed E-state index contributed by atoms with van der Waals surface area (Å²) in [6.07, 6.45) is -0.160. The number of benzene rings is 1. The zero-order valence-electron chi connectivity index (χ0n) is 18.4. The predicted octanol–water partition coefficient (Wildman–Crippen LogP) is 2.54. The first-order chi connectivity index (χ1) is 16.6. The summed E-state index contributed by atoms with van der Waals surface area (Å²) in [5, 5.41) is 5.81. The van der Waals surface area contributed by atoms with Crippen LogP contribution >= 0.6 is 0 Å². The van der Waals surface area contributed by atoms with Crippen LogP contribution in [0.1, 0.15) is 12.8 Å². The molecule has 0 radical (unpaired) electrons. The Morgan fingerprint density at radius 1 is 1.23 bits per heavy atom. The molecule has 3 aliphatic heterocycles. The number of sulfone groups is 1. The van der Waals surface area contributed by atoms with E-state index in [-0.39, 0.29) is 47.3 Å². The minimum absolute atomic E-state index is 0.0261. The largest absolute Gasteiger partial charge is 0.445 e. The second-order valence-electron chi connectivity index (χ2n) is 9.00. The van der Waals surface area contributed by atoms with E-state index in [0.717, 1.165) is 17.0 Å². The highest BCUT2D eigenvalue weighted by Gasteiger charge is 2.50. The summed E-state index contributed by atoms with van der Waals surface area (Å²) in [6, 6.07) is 3.52. The number of hydrogen-bond acceptors (Lipinski definition) is 9. The Bertz CT molecular complexity index is 1210. The first kappa shape index (κ1) is 23.3. The first-order valence-electron chi connectivity index (χ1n) is 10.9. The second-order valence-corrected chi connectivity index (χ2v) is 11.1. The fourth-order valence-electron chi connectivity index (χ4n) is 4.80. The minimum Gasteiger partial charge on any atom is -0.445 e. The van der Waals surface area contributed by atoms with Crippen LogP contribution in [0.3, 0.4) is 0 Å². The summed E-state index contributed by atoms with van der Waals surface area (Å²) < 4.78 is 67.8. The zero-order chi connectivity index (χ0) is 24.8. The quantitative estimate of drug-likeness (QED) is 0.642. The van der Waals surface area contributed by atoms with Crippen molar-refractivity contribution in [3.8, 4) is 0 Å². The van der Waals surface area contributed by atoms with Gasteiger partial charge in [-0.2, -0.15) is 0 Å². The van der Waals surface area contributed by atoms with Crippen LogP contribution in [0.4, 0.5) is 35.6 Å². The molecule has 0 saturated carbocycles. The smallest absolute Gasteiger partial charge is 0.414 e. The Kier molecular flexibility index (Phi) is 5.77. The molecule has 0 bridgehead atoms. The molecule has 2 aromatic rings. The van der Waals surface area contributed by atoms with Crippen LogP contribution in [0.5, 0.6) is 0 Å². The zero-order valence-corrected chi connectivity index (χ0v) is 19.2. The second kappa shape index (κ2) is 8.66. The molecule has 4 heterocycles. The summed E-state index contributed by atoms with van der Waals surface area (Å²) in [7, 11) is -2.99. The molecule has 35 heavy (non-hydrogen) atoms. The lowest BCUT2D eigenvalue weighted by Gasteiger charge is -2.47. The Hall–Kier alpha value is -3.42. The van der Waals surface area contributed by atoms with Crippen molar-refractivity contribution in [2.45, 2.75) is 18.9 Å². The van der Waals surface area contributed by atoms with Gasteiger partial charge in [-0.1, -0.05) is 5.16 Å². The van der Waals surface area contributed by atoms with Crippen molar-refractivity contribution in [2.75, 3.05) is 52.9 Å². The highest BCUT2D eigenvalue weighted by molar-refractivity contribution is 7.92. The molecule has 3 saturated heterocycles. The molecule has 1 N–H and O–H groups in total. The van der Waals surface area contributed by atoms with Crippen molar-refractivity contribution in [1.82, 2.24) is 5.16 Å². The lowest BCUT2D eigenvalue weighted by Crippen LogP contribution is -2.54. The summed E-state index contributed by atoms with van der Waals surface area (Å²) >= 11 is 0. The van der Waals surface area contributed by atoms with E-state index in [9.17, 15) is 26.8 Å². The maximum atomic E-state index is 15.0. The van der Waals surface area contributed by atoms with E-state index in [1.54, 1.807) is 4.90 Å². The van der Waals surface area contributed by atoms with Crippen molar-refractivity contribution in [3.63, 3.8) is 0 Å². The summed E-state index contributed by atoms with van der Waals surface area (Å²) in [5.74, 6) is -1.27. The van der Waals surface area contributed by atoms with Gasteiger partial charge in [0, 0.05) is 36.7 Å². The number of halogens is 2. The maximum absolute atomic E-state index is 15.0. The van der Waals surface area contributed by atoms with E-state index in [0.29, 0.717) is 25.9 Å². The number of cyclic esters (lactones) is 1. The van der Waals surface area contributed by atoms with Crippen molar-refractivity contribution in [2.24, 2.45) is 5.41 Å². The Balaban J connectivity index is 1.20. The van der Waals surface area contributed by atoms with Gasteiger partial charge in [0.05, 0.1) is 23.7 Å². The summed E-state index contributed by atoms with van der Waals surface area (Å²) in [6.45, 7) is 0.323. The van der Waals surface area contributed by atoms with Crippen LogP contribution in [0.25, 0.3) is 0 Å². The van der Waals surface area contributed by atoms with Gasteiger partial charge in [0.2, 0.25) is 0 Å². The van der Waals surface area contributed by atoms with E-state index >= 15 is 0 Å². The van der Waals surface area contributed by atoms with Gasteiger partial charge in [-0.3, -0.25) is 10.2 Å². The highest BCUT2D eigenvalue weighted by atomic mass is 32.2. The van der Waals surface area contributed by atoms with Gasteiger partial charge in [0.15, 0.2) is 33.4 Å². The number of carbonyl (C=O) groups is 2. The molecule has 1 spiro atoms. The molecule has 0 aliphatic carbocycles. The Labute approximate surface area is 198 Å². The van der Waals surface area contributed by atoms with Gasteiger partial charge < -0.3 is 18.9 Å². The molecule has 3 fully saturated rings. The molecule has 188 valence electrons. The molecule has 5 rings (SSSR count). The molecular weight excluding hydrogens is 490 g/mol. The van der Waals surface area contributed by atoms with E-state index in [2.05, 4.69) is 15.0 Å². The standard InChI is InChI=1S/C21H22F2N4O7S/c22-15-7-13(8-16(23)18(15)26-4-2-21(3-5-26)11-35(30,31)12-21)27-9-14(34-20(27)29)10-32-19(28)24-17-1-6-33-25-17/h1,6-8,14H,2-5,9-12H2,(H,24,25,28). The average molecular weight is 512 g/mol. The van der Waals surface area contributed by atoms with Gasteiger partial charge in [-0.15, -0.1) is 0 Å². The number of nitrogens with one attached hydrogen (secondary N) is 1. The Morgan fingerprint density at radius 2 is 1.91 bits per heavy atom. The number of piperidine rings is 1. The summed E-state index contributed by atoms with van der Waals surface area (Å²) in [4.78, 5) is 26.7. The van der Waals surface area contributed by atoms with E-state index in [1.807, 2.05) is 0 Å². The van der Waals surface area contributed by atoms with Crippen molar-refractivity contribution in [3.05, 3.63) is 36.1 Å². The third kappa shape index (κ3) is 4.74. The normalized spacial score (nSPS) is 22.6. The third-order valence-electron chi connectivity index (χ3n) is 6.45. The number of rotatable bonds is 5. The van der Waals surface area contributed by atoms with Gasteiger partial charge in [-0.05, 0) is 12.8 Å². The number of nitrogens with zero attached hydrogens (tertiary/aromatic N) is 3. The maximum Gasteiger partial charge on any atom is 0.414 e. The van der Waals surface area contributed by atoms with Gasteiger partial charge in [0.25, 0.3) is 0 Å². The molecule has 1 aromatic heterocycles. The molecule has 1 aromatic carbocycles. The minimum atomic E-state index is -2.99. The monoisotopic (exact) mass is 512 g/mol. The van der Waals surface area contributed by atoms with Crippen LogP contribution in [0.2, 0.25) is 0 Å². The predicted molar refractivity (Wildman–Crippen MR) is 118 cm³/mol. The molecule has 3 aliphatic rings.